The van der Waals surface area contributed by atoms with Crippen LogP contribution in [0.25, 0.3) is 0 Å². The normalized spacial score (nSPS) is 15.5. The van der Waals surface area contributed by atoms with Gasteiger partial charge in [-0.3, -0.25) is 4.79 Å². The van der Waals surface area contributed by atoms with Crippen molar-refractivity contribution in [3.63, 3.8) is 0 Å². The van der Waals surface area contributed by atoms with Gasteiger partial charge >= 0.3 is 5.97 Å². The van der Waals surface area contributed by atoms with Gasteiger partial charge in [0.05, 0.1) is 0 Å². The summed E-state index contributed by atoms with van der Waals surface area (Å²) in [7, 11) is 0. The first kappa shape index (κ1) is 10.1. The maximum absolute atomic E-state index is 11.0. The van der Waals surface area contributed by atoms with Gasteiger partial charge < -0.3 is 10.8 Å². The van der Waals surface area contributed by atoms with Crippen LogP contribution in [-0.4, -0.2) is 22.4 Å². The third-order valence-corrected chi connectivity index (χ3v) is 1.76. The van der Waals surface area contributed by atoms with Crippen LogP contribution in [0.5, 0.6) is 0 Å². The lowest BCUT2D eigenvalue weighted by atomic mass is 9.91. The number of hydrogen-bond donors (Lipinski definition) is 2. The zero-order valence-corrected chi connectivity index (χ0v) is 6.76. The van der Waals surface area contributed by atoms with Crippen molar-refractivity contribution in [2.75, 3.05) is 0 Å². The number of Topliss-reactive ketones (excluding diaryl/α,β-unsaturated/α-hetero) is 1. The molecule has 11 heavy (non-hydrogen) atoms. The number of aliphatic carboxylic acids is 1. The van der Waals surface area contributed by atoms with Crippen LogP contribution >= 0.6 is 0 Å². The molecule has 0 radical (unpaired) electrons. The Kier molecular flexibility index (Phi) is 3.19. The number of nitrogens with two attached hydrogens (primary N) is 1. The summed E-state index contributed by atoms with van der Waals surface area (Å²) in [5.74, 6) is -1.67. The van der Waals surface area contributed by atoms with Gasteiger partial charge in [0.1, 0.15) is 0 Å². The maximum Gasteiger partial charge on any atom is 0.331 e. The number of carbonyl (C=O) groups excluding carboxylic acids is 1. The smallest absolute Gasteiger partial charge is 0.331 e. The van der Waals surface area contributed by atoms with E-state index in [9.17, 15) is 9.59 Å². The topological polar surface area (TPSA) is 80.4 Å². The molecular weight excluding hydrogens is 146 g/mol. The fourth-order valence-electron chi connectivity index (χ4n) is 0.783. The number of hydrogen-bond acceptors (Lipinski definition) is 3. The molecule has 0 saturated carbocycles. The molecule has 4 nitrogen and oxygen atoms in total. The van der Waals surface area contributed by atoms with Gasteiger partial charge in [0.15, 0.2) is 11.3 Å². The first-order valence-corrected chi connectivity index (χ1v) is 3.54. The SMILES string of the molecule is CCC(=O)C(N)(CC)C(=O)O. The molecule has 0 heterocycles. The summed E-state index contributed by atoms with van der Waals surface area (Å²) in [5.41, 5.74) is 3.67. The molecule has 64 valence electrons. The molecule has 0 aromatic rings. The Balaban J connectivity index is 4.59. The van der Waals surface area contributed by atoms with Gasteiger partial charge in [-0.25, -0.2) is 4.79 Å². The van der Waals surface area contributed by atoms with Crippen LogP contribution in [0.3, 0.4) is 0 Å². The molecule has 3 N–H and O–H groups in total. The van der Waals surface area contributed by atoms with E-state index in [1.807, 2.05) is 0 Å². The Labute approximate surface area is 65.4 Å². The van der Waals surface area contributed by atoms with Crippen molar-refractivity contribution in [3.05, 3.63) is 0 Å². The number of rotatable bonds is 4. The first-order valence-electron chi connectivity index (χ1n) is 3.54. The minimum Gasteiger partial charge on any atom is -0.480 e. The van der Waals surface area contributed by atoms with E-state index < -0.39 is 17.3 Å². The third kappa shape index (κ3) is 1.77. The minimum atomic E-state index is -1.67. The van der Waals surface area contributed by atoms with Crippen molar-refractivity contribution in [1.29, 1.82) is 0 Å². The first-order chi connectivity index (χ1) is 4.99. The average Bonchev–Trinajstić information content (AvgIpc) is 2.01. The molecule has 0 aliphatic carbocycles. The van der Waals surface area contributed by atoms with E-state index in [0.717, 1.165) is 0 Å². The van der Waals surface area contributed by atoms with Crippen molar-refractivity contribution < 1.29 is 14.7 Å². The number of carboxylic acid groups (broad SMARTS) is 1. The Hall–Kier alpha value is -0.900. The highest BCUT2D eigenvalue weighted by Gasteiger charge is 2.38. The van der Waals surface area contributed by atoms with Crippen molar-refractivity contribution >= 4 is 11.8 Å². The fourth-order valence-corrected chi connectivity index (χ4v) is 0.783. The van der Waals surface area contributed by atoms with Crippen LogP contribution in [0.15, 0.2) is 0 Å². The van der Waals surface area contributed by atoms with Gasteiger partial charge in [0.25, 0.3) is 0 Å². The van der Waals surface area contributed by atoms with Gasteiger partial charge in [-0.1, -0.05) is 13.8 Å². The summed E-state index contributed by atoms with van der Waals surface area (Å²) in [6.45, 7) is 3.18. The quantitative estimate of drug-likeness (QED) is 0.572. The second-order valence-corrected chi connectivity index (χ2v) is 2.41. The molecule has 0 fully saturated rings. The summed E-state index contributed by atoms with van der Waals surface area (Å²) in [5, 5.41) is 8.59. The van der Waals surface area contributed by atoms with Crippen LogP contribution in [0.1, 0.15) is 26.7 Å². The predicted octanol–water partition coefficient (Wildman–Crippen LogP) is 0.158. The van der Waals surface area contributed by atoms with E-state index in [1.165, 1.54) is 0 Å². The van der Waals surface area contributed by atoms with Crippen LogP contribution < -0.4 is 5.73 Å². The Morgan fingerprint density at radius 3 is 2.00 bits per heavy atom. The highest BCUT2D eigenvalue weighted by molar-refractivity contribution is 6.07. The second-order valence-electron chi connectivity index (χ2n) is 2.41. The zero-order chi connectivity index (χ0) is 9.07. The van der Waals surface area contributed by atoms with Crippen molar-refractivity contribution in [1.82, 2.24) is 0 Å². The Morgan fingerprint density at radius 1 is 1.45 bits per heavy atom. The van der Waals surface area contributed by atoms with E-state index in [0.29, 0.717) is 0 Å². The van der Waals surface area contributed by atoms with Gasteiger partial charge in [0, 0.05) is 6.42 Å². The molecule has 0 aromatic carbocycles. The van der Waals surface area contributed by atoms with E-state index in [-0.39, 0.29) is 12.8 Å². The van der Waals surface area contributed by atoms with Crippen LogP contribution in [0.4, 0.5) is 0 Å². The average molecular weight is 159 g/mol. The molecular formula is C7H13NO3. The largest absolute Gasteiger partial charge is 0.480 e. The zero-order valence-electron chi connectivity index (χ0n) is 6.76. The summed E-state index contributed by atoms with van der Waals surface area (Å²) >= 11 is 0. The lowest BCUT2D eigenvalue weighted by Gasteiger charge is -2.19. The van der Waals surface area contributed by atoms with Gasteiger partial charge in [-0.15, -0.1) is 0 Å². The minimum absolute atomic E-state index is 0.134. The highest BCUT2D eigenvalue weighted by atomic mass is 16.4. The van der Waals surface area contributed by atoms with Crippen molar-refractivity contribution in [2.24, 2.45) is 5.73 Å². The lowest BCUT2D eigenvalue weighted by Crippen LogP contribution is -2.54. The monoisotopic (exact) mass is 159 g/mol. The van der Waals surface area contributed by atoms with Crippen LogP contribution in [0, 0.1) is 0 Å². The molecule has 1 unspecified atom stereocenters. The fraction of sp³-hybridized carbons (Fsp3) is 0.714. The Morgan fingerprint density at radius 2 is 1.91 bits per heavy atom. The molecule has 0 aromatic heterocycles. The van der Waals surface area contributed by atoms with Gasteiger partial charge in [-0.05, 0) is 6.42 Å². The maximum atomic E-state index is 11.0. The molecule has 1 atom stereocenters. The third-order valence-electron chi connectivity index (χ3n) is 1.76. The Bertz CT molecular complexity index is 179. The molecule has 0 aliphatic rings. The van der Waals surface area contributed by atoms with Crippen molar-refractivity contribution in [2.45, 2.75) is 32.2 Å². The van der Waals surface area contributed by atoms with E-state index in [2.05, 4.69) is 0 Å². The summed E-state index contributed by atoms with van der Waals surface area (Å²) in [6, 6.07) is 0. The number of carboxylic acids is 1. The van der Waals surface area contributed by atoms with E-state index in [4.69, 9.17) is 10.8 Å². The molecule has 0 bridgehead atoms. The molecule has 0 aliphatic heterocycles. The molecule has 0 amide bonds. The van der Waals surface area contributed by atoms with Gasteiger partial charge in [0.2, 0.25) is 0 Å². The molecule has 0 spiro atoms. The molecule has 4 heteroatoms. The number of carbonyl (C=O) groups is 2. The highest BCUT2D eigenvalue weighted by Crippen LogP contribution is 2.09. The predicted molar refractivity (Wildman–Crippen MR) is 40.1 cm³/mol. The summed E-state index contributed by atoms with van der Waals surface area (Å²) < 4.78 is 0. The van der Waals surface area contributed by atoms with E-state index in [1.54, 1.807) is 13.8 Å². The second kappa shape index (κ2) is 3.48. The standard InChI is InChI=1S/C7H13NO3/c1-3-5(9)7(8,4-2)6(10)11/h3-4,8H2,1-2H3,(H,10,11). The molecule has 0 saturated heterocycles. The molecule has 0 rings (SSSR count). The van der Waals surface area contributed by atoms with Crippen molar-refractivity contribution in [3.8, 4) is 0 Å². The van der Waals surface area contributed by atoms with Gasteiger partial charge in [-0.2, -0.15) is 0 Å². The summed E-state index contributed by atoms with van der Waals surface area (Å²) in [6.07, 6.45) is 0.297. The lowest BCUT2D eigenvalue weighted by molar-refractivity contribution is -0.148. The number of ketones is 1. The van der Waals surface area contributed by atoms with Crippen LogP contribution in [-0.2, 0) is 9.59 Å². The van der Waals surface area contributed by atoms with Crippen LogP contribution in [0.2, 0.25) is 0 Å². The summed E-state index contributed by atoms with van der Waals surface area (Å²) in [4.78, 5) is 21.5. The van der Waals surface area contributed by atoms with E-state index >= 15 is 0 Å².